The van der Waals surface area contributed by atoms with Gasteiger partial charge >= 0.3 is 5.97 Å². The van der Waals surface area contributed by atoms with E-state index >= 15 is 0 Å². The van der Waals surface area contributed by atoms with Gasteiger partial charge in [0.1, 0.15) is 24.8 Å². The average Bonchev–Trinajstić information content (AvgIpc) is 3.11. The van der Waals surface area contributed by atoms with Gasteiger partial charge in [-0.3, -0.25) is 4.79 Å². The van der Waals surface area contributed by atoms with Crippen molar-refractivity contribution in [3.63, 3.8) is 0 Å². The van der Waals surface area contributed by atoms with E-state index in [1.54, 1.807) is 23.6 Å². The van der Waals surface area contributed by atoms with E-state index in [2.05, 4.69) is 0 Å². The number of thiophene rings is 1. The summed E-state index contributed by atoms with van der Waals surface area (Å²) < 4.78 is 34.0. The predicted octanol–water partition coefficient (Wildman–Crippen LogP) is 6.89. The Balaban J connectivity index is 1.86. The monoisotopic (exact) mass is 450 g/mol. The number of hydrogen-bond acceptors (Lipinski definition) is 3. The maximum Gasteiger partial charge on any atom is 0.303 e. The van der Waals surface area contributed by atoms with Crippen LogP contribution in [0.5, 0.6) is 5.75 Å². The van der Waals surface area contributed by atoms with Gasteiger partial charge in [0.25, 0.3) is 0 Å². The molecule has 0 aliphatic heterocycles. The zero-order chi connectivity index (χ0) is 21.8. The lowest BCUT2D eigenvalue weighted by atomic mass is 9.98. The van der Waals surface area contributed by atoms with Gasteiger partial charge in [-0.05, 0) is 66.6 Å². The van der Waals surface area contributed by atoms with Crippen LogP contribution in [0, 0.1) is 19.7 Å². The van der Waals surface area contributed by atoms with Crippen LogP contribution < -0.4 is 4.74 Å². The van der Waals surface area contributed by atoms with Gasteiger partial charge in [-0.25, -0.2) is 8.78 Å². The zero-order valence-electron chi connectivity index (χ0n) is 16.6. The first kappa shape index (κ1) is 22.2. The molecule has 0 aliphatic carbocycles. The van der Waals surface area contributed by atoms with Gasteiger partial charge in [0.15, 0.2) is 0 Å². The lowest BCUT2D eigenvalue weighted by Crippen LogP contribution is -2.04. The molecule has 0 saturated carbocycles. The average molecular weight is 451 g/mol. The molecular weight excluding hydrogens is 430 g/mol. The van der Waals surface area contributed by atoms with Crippen LogP contribution in [-0.4, -0.2) is 11.1 Å². The van der Waals surface area contributed by atoms with Crippen molar-refractivity contribution in [1.82, 2.24) is 0 Å². The summed E-state index contributed by atoms with van der Waals surface area (Å²) in [6, 6.07) is 8.06. The smallest absolute Gasteiger partial charge is 0.303 e. The Morgan fingerprint density at radius 1 is 1.17 bits per heavy atom. The van der Waals surface area contributed by atoms with Crippen molar-refractivity contribution in [2.45, 2.75) is 40.0 Å². The van der Waals surface area contributed by atoms with Crippen molar-refractivity contribution < 1.29 is 23.4 Å². The predicted molar refractivity (Wildman–Crippen MR) is 116 cm³/mol. The summed E-state index contributed by atoms with van der Waals surface area (Å²) in [6.07, 6.45) is 0.504. The molecule has 0 saturated heterocycles. The Morgan fingerprint density at radius 2 is 1.93 bits per heavy atom. The van der Waals surface area contributed by atoms with E-state index in [1.165, 1.54) is 17.4 Å². The number of aryl methyl sites for hydroxylation is 1. The first-order valence-corrected chi connectivity index (χ1v) is 10.6. The van der Waals surface area contributed by atoms with Crippen molar-refractivity contribution in [1.29, 1.82) is 0 Å². The van der Waals surface area contributed by atoms with Gasteiger partial charge in [-0.2, -0.15) is 0 Å². The minimum atomic E-state index is -0.842. The van der Waals surface area contributed by atoms with Crippen molar-refractivity contribution in [3.8, 4) is 16.9 Å². The largest absolute Gasteiger partial charge is 0.489 e. The Labute approximate surface area is 182 Å². The number of hydrogen-bond donors (Lipinski definition) is 1. The van der Waals surface area contributed by atoms with E-state index in [-0.39, 0.29) is 13.0 Å². The summed E-state index contributed by atoms with van der Waals surface area (Å²) in [4.78, 5) is 11.3. The molecule has 0 spiro atoms. The van der Waals surface area contributed by atoms with E-state index < -0.39 is 18.5 Å². The van der Waals surface area contributed by atoms with Crippen molar-refractivity contribution in [3.05, 3.63) is 73.7 Å². The third-order valence-corrected chi connectivity index (χ3v) is 6.38. The van der Waals surface area contributed by atoms with Crippen LogP contribution in [0.3, 0.4) is 0 Å². The summed E-state index contributed by atoms with van der Waals surface area (Å²) in [5.74, 6) is -0.683. The quantitative estimate of drug-likeness (QED) is 0.406. The number of ether oxygens (including phenoxy) is 1. The second kappa shape index (κ2) is 9.58. The SMILES string of the molecule is Cc1c(CCC(=O)O)ccc(OCc2c(-c3ccc(Cl)cc3F)csc2CF)c1C. The molecule has 7 heteroatoms. The van der Waals surface area contributed by atoms with E-state index in [1.807, 2.05) is 19.9 Å². The molecule has 3 aromatic rings. The summed E-state index contributed by atoms with van der Waals surface area (Å²) in [5.41, 5.74) is 4.37. The Kier molecular flexibility index (Phi) is 7.10. The standard InChI is InChI=1S/C23H21ClF2O3S/c1-13-14(2)21(7-3-15(13)4-8-23(27)28)29-11-18-19(12-30-22(18)10-25)17-6-5-16(24)9-20(17)26/h3,5-7,9,12H,4,8,10-11H2,1-2H3,(H,27,28). The van der Waals surface area contributed by atoms with E-state index in [0.29, 0.717) is 38.8 Å². The van der Waals surface area contributed by atoms with Crippen LogP contribution in [0.15, 0.2) is 35.7 Å². The Morgan fingerprint density at radius 3 is 2.60 bits per heavy atom. The van der Waals surface area contributed by atoms with Crippen LogP contribution >= 0.6 is 22.9 Å². The topological polar surface area (TPSA) is 46.5 Å². The first-order valence-electron chi connectivity index (χ1n) is 9.36. The fourth-order valence-corrected chi connectivity index (χ4v) is 4.36. The molecule has 3 nitrogen and oxygen atoms in total. The van der Waals surface area contributed by atoms with Crippen LogP contribution in [0.4, 0.5) is 8.78 Å². The number of carboxylic acids is 1. The van der Waals surface area contributed by atoms with Gasteiger partial charge in [0.2, 0.25) is 0 Å². The van der Waals surface area contributed by atoms with Crippen LogP contribution in [0.1, 0.15) is 33.6 Å². The number of aliphatic carboxylic acids is 1. The van der Waals surface area contributed by atoms with E-state index in [4.69, 9.17) is 21.4 Å². The van der Waals surface area contributed by atoms with Crippen LogP contribution in [0.2, 0.25) is 5.02 Å². The lowest BCUT2D eigenvalue weighted by Gasteiger charge is -2.15. The van der Waals surface area contributed by atoms with Crippen molar-refractivity contribution in [2.75, 3.05) is 0 Å². The fourth-order valence-electron chi connectivity index (χ4n) is 3.30. The molecule has 1 heterocycles. The highest BCUT2D eigenvalue weighted by Gasteiger charge is 2.18. The summed E-state index contributed by atoms with van der Waals surface area (Å²) in [7, 11) is 0. The summed E-state index contributed by atoms with van der Waals surface area (Å²) in [6.45, 7) is 3.25. The zero-order valence-corrected chi connectivity index (χ0v) is 18.2. The van der Waals surface area contributed by atoms with E-state index in [9.17, 15) is 13.6 Å². The van der Waals surface area contributed by atoms with Crippen LogP contribution in [-0.2, 0) is 24.5 Å². The number of carbonyl (C=O) groups is 1. The molecule has 3 rings (SSSR count). The molecular formula is C23H21ClF2O3S. The molecule has 0 unspecified atom stereocenters. The number of benzene rings is 2. The van der Waals surface area contributed by atoms with Gasteiger partial charge in [-0.1, -0.05) is 17.7 Å². The molecule has 1 N–H and O–H groups in total. The molecule has 0 radical (unpaired) electrons. The molecule has 158 valence electrons. The third kappa shape index (κ3) is 4.82. The fraction of sp³-hybridized carbons (Fsp3) is 0.261. The van der Waals surface area contributed by atoms with E-state index in [0.717, 1.165) is 16.7 Å². The molecule has 0 atom stereocenters. The Hall–Kier alpha value is -2.44. The van der Waals surface area contributed by atoms with Crippen LogP contribution in [0.25, 0.3) is 11.1 Å². The minimum absolute atomic E-state index is 0.0608. The normalized spacial score (nSPS) is 11.0. The lowest BCUT2D eigenvalue weighted by molar-refractivity contribution is -0.136. The number of alkyl halides is 1. The second-order valence-corrected chi connectivity index (χ2v) is 8.36. The van der Waals surface area contributed by atoms with Crippen molar-refractivity contribution in [2.24, 2.45) is 0 Å². The highest BCUT2D eigenvalue weighted by Crippen LogP contribution is 2.36. The maximum atomic E-state index is 14.4. The third-order valence-electron chi connectivity index (χ3n) is 5.15. The molecule has 0 fully saturated rings. The van der Waals surface area contributed by atoms with Gasteiger partial charge in [-0.15, -0.1) is 11.3 Å². The van der Waals surface area contributed by atoms with Crippen molar-refractivity contribution >= 4 is 28.9 Å². The minimum Gasteiger partial charge on any atom is -0.489 e. The molecule has 30 heavy (non-hydrogen) atoms. The van der Waals surface area contributed by atoms with Gasteiger partial charge in [0.05, 0.1) is 0 Å². The number of carboxylic acid groups (broad SMARTS) is 1. The number of rotatable bonds is 8. The van der Waals surface area contributed by atoms with Gasteiger partial charge in [0, 0.05) is 33.0 Å². The second-order valence-electron chi connectivity index (χ2n) is 6.96. The highest BCUT2D eigenvalue weighted by molar-refractivity contribution is 7.10. The highest BCUT2D eigenvalue weighted by atomic mass is 35.5. The maximum absolute atomic E-state index is 14.4. The molecule has 2 aromatic carbocycles. The first-order chi connectivity index (χ1) is 14.3. The summed E-state index contributed by atoms with van der Waals surface area (Å²) >= 11 is 7.08. The van der Waals surface area contributed by atoms with Gasteiger partial charge < -0.3 is 9.84 Å². The molecule has 0 bridgehead atoms. The molecule has 0 amide bonds. The Bertz CT molecular complexity index is 1080. The molecule has 0 aliphatic rings. The molecule has 1 aromatic heterocycles. The summed E-state index contributed by atoms with van der Waals surface area (Å²) in [5, 5.41) is 10.9. The number of halogens is 3.